The van der Waals surface area contributed by atoms with Gasteiger partial charge in [-0.3, -0.25) is 4.68 Å². The van der Waals surface area contributed by atoms with Crippen LogP contribution in [0.4, 0.5) is 0 Å². The van der Waals surface area contributed by atoms with E-state index in [4.69, 9.17) is 0 Å². The van der Waals surface area contributed by atoms with E-state index in [0.29, 0.717) is 0 Å². The Morgan fingerprint density at radius 3 is 2.80 bits per heavy atom. The molecule has 0 aliphatic rings. The van der Waals surface area contributed by atoms with Crippen LogP contribution in [0.25, 0.3) is 0 Å². The number of rotatable bonds is 7. The predicted octanol–water partition coefficient (Wildman–Crippen LogP) is 2.49. The van der Waals surface area contributed by atoms with Crippen LogP contribution in [0.2, 0.25) is 0 Å². The smallest absolute Gasteiger partial charge is 0.0537 e. The molecule has 0 bridgehead atoms. The van der Waals surface area contributed by atoms with E-state index in [9.17, 15) is 0 Å². The fraction of sp³-hybridized carbons (Fsp3) is 0.750. The fourth-order valence-corrected chi connectivity index (χ4v) is 1.76. The SMILES string of the molecule is CCCCCCn1ncc(CNC)c1C. The Labute approximate surface area is 92.9 Å². The molecule has 86 valence electrons. The molecule has 15 heavy (non-hydrogen) atoms. The summed E-state index contributed by atoms with van der Waals surface area (Å²) in [6, 6.07) is 0. The maximum absolute atomic E-state index is 4.41. The van der Waals surface area contributed by atoms with Crippen molar-refractivity contribution >= 4 is 0 Å². The first-order valence-corrected chi connectivity index (χ1v) is 5.95. The first kappa shape index (κ1) is 12.2. The van der Waals surface area contributed by atoms with Crippen LogP contribution >= 0.6 is 0 Å². The molecule has 0 spiro atoms. The van der Waals surface area contributed by atoms with Gasteiger partial charge >= 0.3 is 0 Å². The summed E-state index contributed by atoms with van der Waals surface area (Å²) >= 11 is 0. The van der Waals surface area contributed by atoms with Gasteiger partial charge in [-0.25, -0.2) is 0 Å². The lowest BCUT2D eigenvalue weighted by Crippen LogP contribution is -2.07. The van der Waals surface area contributed by atoms with Gasteiger partial charge in [0.25, 0.3) is 0 Å². The van der Waals surface area contributed by atoms with Crippen LogP contribution in [0, 0.1) is 6.92 Å². The molecule has 1 heterocycles. The van der Waals surface area contributed by atoms with Gasteiger partial charge in [0.05, 0.1) is 6.20 Å². The van der Waals surface area contributed by atoms with Crippen molar-refractivity contribution in [3.63, 3.8) is 0 Å². The predicted molar refractivity (Wildman–Crippen MR) is 63.9 cm³/mol. The molecule has 0 saturated heterocycles. The number of hydrogen-bond acceptors (Lipinski definition) is 2. The second-order valence-corrected chi connectivity index (χ2v) is 4.07. The van der Waals surface area contributed by atoms with E-state index >= 15 is 0 Å². The molecule has 1 rings (SSSR count). The molecule has 0 saturated carbocycles. The molecule has 0 unspecified atom stereocenters. The van der Waals surface area contributed by atoms with E-state index in [1.807, 2.05) is 13.2 Å². The van der Waals surface area contributed by atoms with Crippen molar-refractivity contribution in [1.29, 1.82) is 0 Å². The average molecular weight is 209 g/mol. The Morgan fingerprint density at radius 2 is 2.13 bits per heavy atom. The average Bonchev–Trinajstić information content (AvgIpc) is 2.57. The Morgan fingerprint density at radius 1 is 1.33 bits per heavy atom. The summed E-state index contributed by atoms with van der Waals surface area (Å²) in [6.45, 7) is 6.38. The molecule has 0 aliphatic carbocycles. The highest BCUT2D eigenvalue weighted by Crippen LogP contribution is 2.09. The Bertz CT molecular complexity index is 278. The summed E-state index contributed by atoms with van der Waals surface area (Å²) in [4.78, 5) is 0. The lowest BCUT2D eigenvalue weighted by atomic mass is 10.2. The van der Waals surface area contributed by atoms with E-state index in [1.54, 1.807) is 0 Å². The zero-order chi connectivity index (χ0) is 11.1. The van der Waals surface area contributed by atoms with Crippen LogP contribution in [0.1, 0.15) is 43.9 Å². The van der Waals surface area contributed by atoms with E-state index in [-0.39, 0.29) is 0 Å². The molecule has 0 aromatic carbocycles. The largest absolute Gasteiger partial charge is 0.316 e. The Kier molecular flexibility index (Phi) is 5.40. The standard InChI is InChI=1S/C12H23N3/c1-4-5-6-7-8-15-11(2)12(9-13-3)10-14-15/h10,13H,4-9H2,1-3H3. The number of unbranched alkanes of at least 4 members (excludes halogenated alkanes) is 3. The topological polar surface area (TPSA) is 29.9 Å². The molecule has 1 aromatic heterocycles. The van der Waals surface area contributed by atoms with Crippen LogP contribution < -0.4 is 5.32 Å². The minimum atomic E-state index is 0.917. The molecular weight excluding hydrogens is 186 g/mol. The normalized spacial score (nSPS) is 10.9. The quantitative estimate of drug-likeness (QED) is 0.699. The van der Waals surface area contributed by atoms with Crippen molar-refractivity contribution in [1.82, 2.24) is 15.1 Å². The summed E-state index contributed by atoms with van der Waals surface area (Å²) in [5.74, 6) is 0. The fourth-order valence-electron chi connectivity index (χ4n) is 1.76. The first-order chi connectivity index (χ1) is 7.29. The van der Waals surface area contributed by atoms with Crippen molar-refractivity contribution in [2.24, 2.45) is 0 Å². The van der Waals surface area contributed by atoms with Gasteiger partial charge in [-0.1, -0.05) is 26.2 Å². The molecule has 0 radical (unpaired) electrons. The highest BCUT2D eigenvalue weighted by atomic mass is 15.3. The van der Waals surface area contributed by atoms with Crippen LogP contribution in [-0.4, -0.2) is 16.8 Å². The van der Waals surface area contributed by atoms with Gasteiger partial charge in [0.15, 0.2) is 0 Å². The summed E-state index contributed by atoms with van der Waals surface area (Å²) in [7, 11) is 1.97. The van der Waals surface area contributed by atoms with E-state index in [2.05, 4.69) is 28.9 Å². The summed E-state index contributed by atoms with van der Waals surface area (Å²) in [6.07, 6.45) is 7.17. The first-order valence-electron chi connectivity index (χ1n) is 5.95. The third-order valence-electron chi connectivity index (χ3n) is 2.80. The lowest BCUT2D eigenvalue weighted by Gasteiger charge is -2.05. The number of nitrogens with zero attached hydrogens (tertiary/aromatic N) is 2. The number of hydrogen-bond donors (Lipinski definition) is 1. The van der Waals surface area contributed by atoms with Crippen molar-refractivity contribution in [2.75, 3.05) is 7.05 Å². The second-order valence-electron chi connectivity index (χ2n) is 4.07. The molecule has 3 nitrogen and oxygen atoms in total. The maximum atomic E-state index is 4.41. The highest BCUT2D eigenvalue weighted by molar-refractivity contribution is 5.15. The van der Waals surface area contributed by atoms with Gasteiger partial charge in [-0.05, 0) is 20.4 Å². The second kappa shape index (κ2) is 6.62. The van der Waals surface area contributed by atoms with Crippen molar-refractivity contribution in [3.8, 4) is 0 Å². The third kappa shape index (κ3) is 3.67. The van der Waals surface area contributed by atoms with Crippen molar-refractivity contribution in [2.45, 2.75) is 52.6 Å². The van der Waals surface area contributed by atoms with Gasteiger partial charge in [0.1, 0.15) is 0 Å². The summed E-state index contributed by atoms with van der Waals surface area (Å²) in [5, 5.41) is 7.57. The highest BCUT2D eigenvalue weighted by Gasteiger charge is 2.04. The summed E-state index contributed by atoms with van der Waals surface area (Å²) < 4.78 is 2.13. The van der Waals surface area contributed by atoms with Crippen LogP contribution in [0.5, 0.6) is 0 Å². The molecule has 3 heteroatoms. The number of nitrogens with one attached hydrogen (secondary N) is 1. The zero-order valence-corrected chi connectivity index (χ0v) is 10.2. The van der Waals surface area contributed by atoms with Crippen LogP contribution in [-0.2, 0) is 13.1 Å². The lowest BCUT2D eigenvalue weighted by molar-refractivity contribution is 0.531. The van der Waals surface area contributed by atoms with Gasteiger partial charge in [-0.15, -0.1) is 0 Å². The molecule has 0 aliphatic heterocycles. The van der Waals surface area contributed by atoms with Crippen LogP contribution in [0.3, 0.4) is 0 Å². The number of aromatic nitrogens is 2. The monoisotopic (exact) mass is 209 g/mol. The Balaban J connectivity index is 2.40. The van der Waals surface area contributed by atoms with Crippen molar-refractivity contribution < 1.29 is 0 Å². The van der Waals surface area contributed by atoms with Gasteiger partial charge < -0.3 is 5.32 Å². The number of aryl methyl sites for hydroxylation is 1. The molecular formula is C12H23N3. The van der Waals surface area contributed by atoms with E-state index < -0.39 is 0 Å². The molecule has 0 amide bonds. The molecule has 0 fully saturated rings. The minimum absolute atomic E-state index is 0.917. The maximum Gasteiger partial charge on any atom is 0.0537 e. The minimum Gasteiger partial charge on any atom is -0.316 e. The van der Waals surface area contributed by atoms with Gasteiger partial charge in [0.2, 0.25) is 0 Å². The van der Waals surface area contributed by atoms with Gasteiger partial charge in [-0.2, -0.15) is 5.10 Å². The zero-order valence-electron chi connectivity index (χ0n) is 10.2. The molecule has 1 N–H and O–H groups in total. The third-order valence-corrected chi connectivity index (χ3v) is 2.80. The van der Waals surface area contributed by atoms with E-state index in [0.717, 1.165) is 13.1 Å². The summed E-state index contributed by atoms with van der Waals surface area (Å²) in [5.41, 5.74) is 2.62. The van der Waals surface area contributed by atoms with Crippen LogP contribution in [0.15, 0.2) is 6.20 Å². The van der Waals surface area contributed by atoms with Gasteiger partial charge in [0, 0.05) is 24.3 Å². The molecule has 0 atom stereocenters. The van der Waals surface area contributed by atoms with Crippen molar-refractivity contribution in [3.05, 3.63) is 17.5 Å². The molecule has 1 aromatic rings. The Hall–Kier alpha value is -0.830. The van der Waals surface area contributed by atoms with E-state index in [1.165, 1.54) is 36.9 Å².